The van der Waals surface area contributed by atoms with Gasteiger partial charge < -0.3 is 5.32 Å². The summed E-state index contributed by atoms with van der Waals surface area (Å²) in [6.45, 7) is 6.74. The maximum atomic E-state index is 4.64. The normalized spacial score (nSPS) is 8.58. The molecule has 153 valence electrons. The van der Waals surface area contributed by atoms with Gasteiger partial charge in [-0.15, -0.1) is 11.6 Å². The van der Waals surface area contributed by atoms with Gasteiger partial charge in [0.1, 0.15) is 0 Å². The monoisotopic (exact) mass is 1000 g/mol. The second-order valence-electron chi connectivity index (χ2n) is 4.06. The van der Waals surface area contributed by atoms with Crippen LogP contribution >= 0.6 is 111 Å². The van der Waals surface area contributed by atoms with E-state index in [1.54, 1.807) is 0 Å². The third-order valence-corrected chi connectivity index (χ3v) is 2.26. The Morgan fingerprint density at radius 1 is 0.958 bits per heavy atom. The van der Waals surface area contributed by atoms with E-state index >= 15 is 0 Å². The molecule has 0 bridgehead atoms. The first-order valence-electron chi connectivity index (χ1n) is 7.48. The second-order valence-corrected chi connectivity index (χ2v) is 51.2. The van der Waals surface area contributed by atoms with Gasteiger partial charge in [0.25, 0.3) is 0 Å². The van der Waals surface area contributed by atoms with E-state index in [9.17, 15) is 0 Å². The van der Waals surface area contributed by atoms with Crippen molar-refractivity contribution in [3.8, 4) is 0 Å². The number of alkyl halides is 1. The van der Waals surface area contributed by atoms with Gasteiger partial charge in [-0.05, 0) is 33.5 Å². The zero-order valence-electron chi connectivity index (χ0n) is 15.6. The van der Waals surface area contributed by atoms with Crippen LogP contribution in [-0.4, -0.2) is 45.6 Å². The summed E-state index contributed by atoms with van der Waals surface area (Å²) >= 11 is 16.8. The van der Waals surface area contributed by atoms with Crippen LogP contribution in [0.5, 0.6) is 0 Å². The Labute approximate surface area is 223 Å². The van der Waals surface area contributed by atoms with E-state index in [1.165, 1.54) is 45.0 Å². The molecule has 0 aliphatic heterocycles. The summed E-state index contributed by atoms with van der Waals surface area (Å²) in [5.41, 5.74) is 3.03. The Balaban J connectivity index is -0.0000000685. The quantitative estimate of drug-likeness (QED) is 0.114. The molecule has 24 heavy (non-hydrogen) atoms. The average molecular weight is 1000 g/mol. The topological polar surface area (TPSA) is 27.3 Å². The fourth-order valence-corrected chi connectivity index (χ4v) is 1.06. The molecule has 0 radical (unpaired) electrons. The molecule has 0 fully saturated rings. The van der Waals surface area contributed by atoms with Gasteiger partial charge in [-0.1, -0.05) is 33.1 Å². The van der Waals surface area contributed by atoms with Gasteiger partial charge in [-0.2, -0.15) is 0 Å². The summed E-state index contributed by atoms with van der Waals surface area (Å²) in [4.78, 5) is -0.278. The molecular weight excluding hydrogens is 970 g/mol. The van der Waals surface area contributed by atoms with Gasteiger partial charge in [-0.3, -0.25) is 5.43 Å². The van der Waals surface area contributed by atoms with Gasteiger partial charge in [0.15, 0.2) is 0 Å². The molecule has 0 amide bonds. The van der Waals surface area contributed by atoms with Gasteiger partial charge in [0.05, 0.1) is 0 Å². The first kappa shape index (κ1) is 39.5. The number of rotatable bonds is 8. The van der Waals surface area contributed by atoms with Crippen LogP contribution in [0, 0.1) is 0 Å². The summed E-state index contributed by atoms with van der Waals surface area (Å²) in [6.07, 6.45) is 8.03. The van der Waals surface area contributed by atoms with Crippen molar-refractivity contribution < 1.29 is 14.4 Å². The molecule has 0 aromatic carbocycles. The van der Waals surface area contributed by atoms with Crippen molar-refractivity contribution in [1.29, 1.82) is 0 Å². The molecule has 0 aromatic rings. The maximum absolute atomic E-state index is 4.64. The molecule has 2 N–H and O–H groups in total. The van der Waals surface area contributed by atoms with Crippen LogP contribution in [0.3, 0.4) is 0 Å². The molecule has 0 spiro atoms. The molecule has 0 saturated heterocycles. The van der Waals surface area contributed by atoms with Crippen LogP contribution < -0.4 is 10.7 Å². The summed E-state index contributed by atoms with van der Waals surface area (Å²) in [7, 11) is 6.61. The molecule has 0 rings (SSSR count). The summed E-state index contributed by atoms with van der Waals surface area (Å²) < 4.78 is 0. The molecule has 0 aromatic heterocycles. The van der Waals surface area contributed by atoms with Crippen molar-refractivity contribution in [1.82, 2.24) is 15.8 Å². The Hall–Kier alpha value is 4.99. The van der Waals surface area contributed by atoms with Gasteiger partial charge in [-0.25, -0.2) is 5.01 Å². The van der Waals surface area contributed by atoms with Crippen molar-refractivity contribution in [3.05, 3.63) is 0 Å². The Kier molecular flexibility index (Phi) is 76.1. The van der Waals surface area contributed by atoms with Crippen LogP contribution in [0.15, 0.2) is 0 Å². The van der Waals surface area contributed by atoms with Crippen LogP contribution in [0.2, 0.25) is 0 Å². The first-order chi connectivity index (χ1) is 11.4. The zero-order chi connectivity index (χ0) is 20.2. The molecule has 0 saturated carbocycles. The number of halogens is 6. The second kappa shape index (κ2) is 46.3. The molecule has 0 unspecified atom stereocenters. The van der Waals surface area contributed by atoms with Crippen molar-refractivity contribution >= 4 is 111 Å². The fraction of sp³-hybridized carbons (Fsp3) is 1.00. The van der Waals surface area contributed by atoms with E-state index in [0.717, 1.165) is 6.54 Å². The fourth-order valence-electron chi connectivity index (χ4n) is 1.06. The number of hydrogen-bond donors (Lipinski definition) is 2. The van der Waals surface area contributed by atoms with Crippen molar-refractivity contribution in [2.24, 2.45) is 0 Å². The van der Waals surface area contributed by atoms with Crippen LogP contribution in [-0.2, 0) is 14.4 Å². The zero-order valence-corrected chi connectivity index (χ0v) is 29.9. The van der Waals surface area contributed by atoms with E-state index in [-0.39, 0.29) is 4.92 Å². The van der Waals surface area contributed by atoms with Crippen molar-refractivity contribution in [3.63, 3.8) is 0 Å². The molecule has 0 heterocycles. The summed E-state index contributed by atoms with van der Waals surface area (Å²) in [6, 6.07) is 0. The number of unbranched alkanes of at least 4 members (excludes halogenated alkanes) is 3. The van der Waals surface area contributed by atoms with Crippen LogP contribution in [0.25, 0.3) is 0 Å². The van der Waals surface area contributed by atoms with Gasteiger partial charge >= 0.3 is 114 Å². The van der Waals surface area contributed by atoms with E-state index in [0.29, 0.717) is 9.47 Å². The number of nitrogens with one attached hydrogen (secondary N) is 2. The summed E-state index contributed by atoms with van der Waals surface area (Å²) in [5, 5.41) is 5.19. The predicted molar refractivity (Wildman–Crippen MR) is 152 cm³/mol. The molecule has 0 atom stereocenters. The van der Waals surface area contributed by atoms with Crippen LogP contribution in [0.4, 0.5) is 0 Å². The molecule has 0 aliphatic rings. The number of nitrogens with zero attached hydrogens (tertiary/aromatic N) is 1. The Morgan fingerprint density at radius 3 is 1.58 bits per heavy atom. The first-order valence-corrected chi connectivity index (χ1v) is 30.8. The van der Waals surface area contributed by atoms with Crippen LogP contribution in [0.1, 0.15) is 46.0 Å². The Morgan fingerprint density at radius 2 is 1.33 bits per heavy atom. The predicted octanol–water partition coefficient (Wildman–Crippen LogP) is 7.53. The van der Waals surface area contributed by atoms with Gasteiger partial charge in [0, 0.05) is 20.0 Å². The van der Waals surface area contributed by atoms with E-state index in [4.69, 9.17) is 0 Å². The number of hydrogen-bond acceptors (Lipinski definition) is 3. The molecule has 0 aliphatic carbocycles. The van der Waals surface area contributed by atoms with Crippen molar-refractivity contribution in [2.75, 3.05) is 40.6 Å². The van der Waals surface area contributed by atoms with Crippen molar-refractivity contribution in [2.45, 2.75) is 46.0 Å². The Bertz CT molecular complexity index is 163. The minimum absolute atomic E-state index is 0.278. The molecule has 3 nitrogen and oxygen atoms in total. The third-order valence-electron chi connectivity index (χ3n) is 2.26. The summed E-state index contributed by atoms with van der Waals surface area (Å²) in [5.74, 6) is 0. The molecular formula is C13H34ClI5N3V2. The third kappa shape index (κ3) is 81.1. The van der Waals surface area contributed by atoms with E-state index in [1.807, 2.05) is 14.1 Å². The molecule has 11 heteroatoms. The minimum atomic E-state index is -0.278. The van der Waals surface area contributed by atoms with E-state index in [2.05, 4.69) is 148 Å². The van der Waals surface area contributed by atoms with E-state index < -0.39 is 0 Å². The average Bonchev–Trinajstić information content (AvgIpc) is 2.56. The standard InChI is InChI=1S/C6H16N2.C6H15N.CH3Cl.5HI.2V/c1-4-5-6-8(3)7-2;1-3-4-5-6-7-2;1-2;;;;;;;/h7H,4-6H2,1-3H3;7H,3-6H2,1-2H3;1H3;5*1H;;/q;;;;;;;;+2;+3/p-5. The SMILES string of the molecule is CCCCCNC.CCCCN(C)NC.CCl.[I][V]([I])[I].[I][V][I]. The van der Waals surface area contributed by atoms with Gasteiger partial charge in [0.2, 0.25) is 0 Å². The number of hydrazine groups is 1.